The molecule has 3 N–H and O–H groups in total. The van der Waals surface area contributed by atoms with Crippen LogP contribution >= 0.6 is 0 Å². The fraction of sp³-hybridized carbons (Fsp3) is 0.600. The highest BCUT2D eigenvalue weighted by molar-refractivity contribution is 5.77. The van der Waals surface area contributed by atoms with Gasteiger partial charge < -0.3 is 20.3 Å². The van der Waals surface area contributed by atoms with Crippen LogP contribution in [0.3, 0.4) is 0 Å². The number of carbonyl (C=O) groups excluding carboxylic acids is 2. The Morgan fingerprint density at radius 2 is 0.909 bits per heavy atom. The minimum atomic E-state index is -0.823. The number of amides is 1. The van der Waals surface area contributed by atoms with Crippen LogP contribution in [0.4, 0.5) is 0 Å². The molecule has 1 amide bonds. The van der Waals surface area contributed by atoms with Crippen LogP contribution in [0.15, 0.2) is 134 Å². The summed E-state index contributed by atoms with van der Waals surface area (Å²) in [5.41, 5.74) is 0. The van der Waals surface area contributed by atoms with Crippen LogP contribution < -0.4 is 5.32 Å². The van der Waals surface area contributed by atoms with Gasteiger partial charge in [-0.05, 0) is 83.5 Å². The van der Waals surface area contributed by atoms with Crippen molar-refractivity contribution in [2.75, 3.05) is 6.61 Å². The summed E-state index contributed by atoms with van der Waals surface area (Å²) in [6, 6.07) is -0.743. The number of aliphatic hydroxyl groups excluding tert-OH is 2. The van der Waals surface area contributed by atoms with Gasteiger partial charge in [0.2, 0.25) is 5.91 Å². The molecule has 0 aliphatic heterocycles. The molecular formula is C60H97NO5. The standard InChI is InChI=1S/C60H97NO5/c1-4-7-10-13-16-19-22-25-27-28-29-30-32-35-38-41-44-47-50-53-60(65)66-56(51-48-45-42-39-36-34-31-26-23-20-17-14-11-8-5-2)54-59(64)61-57(55-62)58(63)52-49-46-43-40-37-33-24-21-18-15-12-9-6-3/h7-8,10-11,14,16-17,19-20,23,25-27,29-31,34-36,38-39,42,56-58,62-63H,4-6,9,12-13,15,18,21-22,24,28,32-33,37,40-41,43-55H2,1-3H3,(H,61,64)/b10-7-,11-8-,17-14+,19-16-,23-20+,27-25-,30-29-,31-26-,36-34+,38-35-,42-39+. The van der Waals surface area contributed by atoms with Gasteiger partial charge in [-0.2, -0.15) is 0 Å². The van der Waals surface area contributed by atoms with E-state index in [1.54, 1.807) is 0 Å². The van der Waals surface area contributed by atoms with Crippen LogP contribution in [0, 0.1) is 0 Å². The number of allylic oxidation sites excluding steroid dienone is 22. The molecule has 6 nitrogen and oxygen atoms in total. The Balaban J connectivity index is 4.80. The fourth-order valence-corrected chi connectivity index (χ4v) is 7.20. The third-order valence-electron chi connectivity index (χ3n) is 11.1. The van der Waals surface area contributed by atoms with E-state index in [-0.39, 0.29) is 24.9 Å². The molecule has 0 rings (SSSR count). The molecular weight excluding hydrogens is 815 g/mol. The lowest BCUT2D eigenvalue weighted by molar-refractivity contribution is -0.151. The maximum atomic E-state index is 13.2. The topological polar surface area (TPSA) is 95.9 Å². The van der Waals surface area contributed by atoms with E-state index < -0.39 is 18.2 Å². The van der Waals surface area contributed by atoms with Crippen molar-refractivity contribution >= 4 is 11.9 Å². The average Bonchev–Trinajstić information content (AvgIpc) is 3.31. The number of nitrogens with one attached hydrogen (secondary N) is 1. The molecule has 6 heteroatoms. The molecule has 3 atom stereocenters. The Hall–Kier alpha value is -4.00. The molecule has 0 aromatic rings. The Kier molecular flexibility index (Phi) is 48.8. The van der Waals surface area contributed by atoms with Crippen molar-refractivity contribution in [3.8, 4) is 0 Å². The predicted molar refractivity (Wildman–Crippen MR) is 286 cm³/mol. The van der Waals surface area contributed by atoms with E-state index >= 15 is 0 Å². The molecule has 372 valence electrons. The predicted octanol–water partition coefficient (Wildman–Crippen LogP) is 16.2. The molecule has 0 heterocycles. The van der Waals surface area contributed by atoms with Crippen LogP contribution in [-0.2, 0) is 14.3 Å². The summed E-state index contributed by atoms with van der Waals surface area (Å²) in [5, 5.41) is 23.8. The minimum absolute atomic E-state index is 0.00375. The minimum Gasteiger partial charge on any atom is -0.462 e. The molecule has 0 saturated carbocycles. The summed E-state index contributed by atoms with van der Waals surface area (Å²) in [7, 11) is 0. The number of carbonyl (C=O) groups is 2. The number of unbranched alkanes of at least 4 members (excludes halogenated alkanes) is 16. The van der Waals surface area contributed by atoms with Crippen LogP contribution in [0.5, 0.6) is 0 Å². The molecule has 0 spiro atoms. The monoisotopic (exact) mass is 912 g/mol. The molecule has 0 fully saturated rings. The molecule has 0 radical (unpaired) electrons. The number of aliphatic hydroxyl groups is 2. The van der Waals surface area contributed by atoms with Crippen molar-refractivity contribution < 1.29 is 24.5 Å². The van der Waals surface area contributed by atoms with E-state index in [9.17, 15) is 19.8 Å². The Bertz CT molecular complexity index is 1440. The van der Waals surface area contributed by atoms with Gasteiger partial charge in [0.15, 0.2) is 0 Å². The second kappa shape index (κ2) is 52.0. The number of hydrogen-bond acceptors (Lipinski definition) is 5. The van der Waals surface area contributed by atoms with Gasteiger partial charge in [0, 0.05) is 6.42 Å². The summed E-state index contributed by atoms with van der Waals surface area (Å²) >= 11 is 0. The van der Waals surface area contributed by atoms with E-state index in [0.717, 1.165) is 96.3 Å². The fourth-order valence-electron chi connectivity index (χ4n) is 7.20. The van der Waals surface area contributed by atoms with E-state index in [0.29, 0.717) is 19.3 Å². The lowest BCUT2D eigenvalue weighted by Crippen LogP contribution is -2.46. The van der Waals surface area contributed by atoms with Crippen LogP contribution in [-0.4, -0.2) is 46.9 Å². The number of hydrogen-bond donors (Lipinski definition) is 3. The molecule has 0 aromatic carbocycles. The van der Waals surface area contributed by atoms with E-state index in [4.69, 9.17) is 4.74 Å². The third kappa shape index (κ3) is 46.5. The average molecular weight is 912 g/mol. The van der Waals surface area contributed by atoms with Crippen molar-refractivity contribution in [1.82, 2.24) is 5.32 Å². The van der Waals surface area contributed by atoms with Crippen molar-refractivity contribution in [3.05, 3.63) is 134 Å². The number of ether oxygens (including phenoxy) is 1. The Morgan fingerprint density at radius 1 is 0.470 bits per heavy atom. The highest BCUT2D eigenvalue weighted by Crippen LogP contribution is 2.16. The van der Waals surface area contributed by atoms with Gasteiger partial charge in [-0.1, -0.05) is 244 Å². The summed E-state index contributed by atoms with van der Waals surface area (Å²) in [4.78, 5) is 26.2. The van der Waals surface area contributed by atoms with Crippen LogP contribution in [0.2, 0.25) is 0 Å². The number of rotatable bonds is 45. The summed E-state index contributed by atoms with van der Waals surface area (Å²) in [5.74, 6) is -0.600. The zero-order valence-electron chi connectivity index (χ0n) is 42.3. The third-order valence-corrected chi connectivity index (χ3v) is 11.1. The molecule has 3 unspecified atom stereocenters. The first-order chi connectivity index (χ1) is 32.5. The van der Waals surface area contributed by atoms with Gasteiger partial charge in [0.1, 0.15) is 6.10 Å². The van der Waals surface area contributed by atoms with Gasteiger partial charge in [0.25, 0.3) is 0 Å². The van der Waals surface area contributed by atoms with Crippen molar-refractivity contribution in [3.63, 3.8) is 0 Å². The number of esters is 1. The second-order valence-electron chi connectivity index (χ2n) is 17.3. The SMILES string of the molecule is CC\C=C/C=C/C=C/C=C\C=C\C=C\CCCC(CC(=O)NC(CO)C(O)CCCCCCCCCCCCCCC)OC(=O)CCCCC/C=C\C/C=C\C/C=C\C/C=C\C/C=C\CC. The second-order valence-corrected chi connectivity index (χ2v) is 17.3. The first-order valence-corrected chi connectivity index (χ1v) is 26.5. The van der Waals surface area contributed by atoms with Gasteiger partial charge in [0.05, 0.1) is 25.2 Å². The zero-order chi connectivity index (χ0) is 48.1. The Labute approximate surface area is 405 Å². The largest absolute Gasteiger partial charge is 0.462 e. The lowest BCUT2D eigenvalue weighted by Gasteiger charge is -2.24. The van der Waals surface area contributed by atoms with Crippen LogP contribution in [0.25, 0.3) is 0 Å². The zero-order valence-corrected chi connectivity index (χ0v) is 42.3. The maximum Gasteiger partial charge on any atom is 0.306 e. The van der Waals surface area contributed by atoms with Gasteiger partial charge >= 0.3 is 5.97 Å². The molecule has 0 saturated heterocycles. The van der Waals surface area contributed by atoms with Crippen LogP contribution in [0.1, 0.15) is 207 Å². The highest BCUT2D eigenvalue weighted by Gasteiger charge is 2.24. The van der Waals surface area contributed by atoms with E-state index in [2.05, 4.69) is 99.0 Å². The summed E-state index contributed by atoms with van der Waals surface area (Å²) in [6.45, 7) is 6.18. The molecule has 66 heavy (non-hydrogen) atoms. The molecule has 0 aromatic heterocycles. The lowest BCUT2D eigenvalue weighted by atomic mass is 10.0. The van der Waals surface area contributed by atoms with Gasteiger partial charge in [-0.15, -0.1) is 0 Å². The summed E-state index contributed by atoms with van der Waals surface area (Å²) < 4.78 is 5.89. The molecule has 0 bridgehead atoms. The van der Waals surface area contributed by atoms with Gasteiger partial charge in [-0.25, -0.2) is 0 Å². The van der Waals surface area contributed by atoms with Crippen molar-refractivity contribution in [2.24, 2.45) is 0 Å². The van der Waals surface area contributed by atoms with E-state index in [1.165, 1.54) is 64.2 Å². The smallest absolute Gasteiger partial charge is 0.306 e. The highest BCUT2D eigenvalue weighted by atomic mass is 16.5. The molecule has 0 aliphatic rings. The molecule has 0 aliphatic carbocycles. The quantitative estimate of drug-likeness (QED) is 0.0245. The normalized spacial score (nSPS) is 14.3. The van der Waals surface area contributed by atoms with E-state index in [1.807, 2.05) is 60.8 Å². The van der Waals surface area contributed by atoms with Crippen molar-refractivity contribution in [1.29, 1.82) is 0 Å². The summed E-state index contributed by atoms with van der Waals surface area (Å²) in [6.07, 6.45) is 73.7. The van der Waals surface area contributed by atoms with Crippen molar-refractivity contribution in [2.45, 2.75) is 225 Å². The Morgan fingerprint density at radius 3 is 1.42 bits per heavy atom. The first-order valence-electron chi connectivity index (χ1n) is 26.5. The first kappa shape index (κ1) is 62.0. The van der Waals surface area contributed by atoms with Gasteiger partial charge in [-0.3, -0.25) is 9.59 Å². The maximum absolute atomic E-state index is 13.2.